The average Bonchev–Trinajstić information content (AvgIpc) is 3.51. The number of nitrogens with zero attached hydrogens (tertiary/aromatic N) is 1. The molecule has 5 amide bonds. The van der Waals surface area contributed by atoms with Crippen molar-refractivity contribution in [3.05, 3.63) is 76.9 Å². The summed E-state index contributed by atoms with van der Waals surface area (Å²) in [5.74, 6) is -0.787. The number of nitrogens with two attached hydrogens (primary N) is 1. The molecule has 2 aliphatic heterocycles. The van der Waals surface area contributed by atoms with E-state index in [2.05, 4.69) is 27.3 Å². The maximum Gasteiger partial charge on any atom is 0.260 e. The summed E-state index contributed by atoms with van der Waals surface area (Å²) in [6.45, 7) is 10.2. The van der Waals surface area contributed by atoms with Gasteiger partial charge in [-0.15, -0.1) is 0 Å². The van der Waals surface area contributed by atoms with Crippen molar-refractivity contribution in [1.82, 2.24) is 10.6 Å². The predicted octanol–water partition coefficient (Wildman–Crippen LogP) is 5.96. The van der Waals surface area contributed by atoms with Crippen LogP contribution in [-0.2, 0) is 43.5 Å². The van der Waals surface area contributed by atoms with Crippen molar-refractivity contribution < 1.29 is 38.2 Å². The maximum atomic E-state index is 13.9. The molecule has 0 bridgehead atoms. The van der Waals surface area contributed by atoms with E-state index in [0.717, 1.165) is 28.8 Å². The number of amides is 5. The smallest absolute Gasteiger partial charge is 0.260 e. The summed E-state index contributed by atoms with van der Waals surface area (Å²) in [7, 11) is 6.43. The van der Waals surface area contributed by atoms with Crippen molar-refractivity contribution in [2.24, 2.45) is 5.73 Å². The fourth-order valence-corrected chi connectivity index (χ4v) is 9.47. The van der Waals surface area contributed by atoms with Crippen LogP contribution in [0.25, 0.3) is 0 Å². The van der Waals surface area contributed by atoms with E-state index < -0.39 is 23.9 Å². The van der Waals surface area contributed by atoms with Gasteiger partial charge in [-0.2, -0.15) is 0 Å². The molecule has 0 spiro atoms. The van der Waals surface area contributed by atoms with E-state index in [1.807, 2.05) is 49.9 Å². The van der Waals surface area contributed by atoms with Crippen LogP contribution in [0.15, 0.2) is 54.6 Å². The highest BCUT2D eigenvalue weighted by atomic mass is 33.1. The van der Waals surface area contributed by atoms with Crippen LogP contribution in [0.5, 0.6) is 11.5 Å². The molecule has 0 aliphatic carbocycles. The summed E-state index contributed by atoms with van der Waals surface area (Å²) in [5.41, 5.74) is 10.5. The van der Waals surface area contributed by atoms with E-state index in [-0.39, 0.29) is 53.4 Å². The molecule has 3 aromatic rings. The lowest BCUT2D eigenvalue weighted by atomic mass is 10.1. The summed E-state index contributed by atoms with van der Waals surface area (Å²) in [6, 6.07) is 15.1. The zero-order valence-corrected chi connectivity index (χ0v) is 36.4. The van der Waals surface area contributed by atoms with E-state index in [9.17, 15) is 24.0 Å². The van der Waals surface area contributed by atoms with Crippen LogP contribution in [0.4, 0.5) is 17.1 Å². The van der Waals surface area contributed by atoms with Gasteiger partial charge in [-0.05, 0) is 94.0 Å². The highest BCUT2D eigenvalue weighted by molar-refractivity contribution is 8.77. The zero-order chi connectivity index (χ0) is 42.9. The van der Waals surface area contributed by atoms with E-state index in [0.29, 0.717) is 54.2 Å². The van der Waals surface area contributed by atoms with Crippen LogP contribution < -0.4 is 41.4 Å². The van der Waals surface area contributed by atoms with Gasteiger partial charge in [0.1, 0.15) is 18.7 Å². The Morgan fingerprint density at radius 2 is 1.64 bits per heavy atom. The normalized spacial score (nSPS) is 15.9. The third-order valence-electron chi connectivity index (χ3n) is 10.1. The van der Waals surface area contributed by atoms with Gasteiger partial charge in [0.25, 0.3) is 5.91 Å². The van der Waals surface area contributed by atoms with Gasteiger partial charge >= 0.3 is 0 Å². The lowest BCUT2D eigenvalue weighted by Crippen LogP contribution is -2.50. The molecule has 0 saturated carbocycles. The fraction of sp³-hybridized carbons (Fsp3) is 0.465. The van der Waals surface area contributed by atoms with Crippen molar-refractivity contribution in [1.29, 1.82) is 0 Å². The highest BCUT2D eigenvalue weighted by Crippen LogP contribution is 2.43. The molecule has 0 aromatic heterocycles. The first-order chi connectivity index (χ1) is 28.1. The fourth-order valence-electron chi connectivity index (χ4n) is 6.84. The van der Waals surface area contributed by atoms with Crippen molar-refractivity contribution in [3.8, 4) is 11.5 Å². The van der Waals surface area contributed by atoms with Gasteiger partial charge in [0.15, 0.2) is 11.5 Å². The molecule has 59 heavy (non-hydrogen) atoms. The van der Waals surface area contributed by atoms with Crippen LogP contribution in [0, 0.1) is 0 Å². The summed E-state index contributed by atoms with van der Waals surface area (Å²) >= 11 is 0. The van der Waals surface area contributed by atoms with Crippen LogP contribution in [0.1, 0.15) is 87.4 Å². The number of hydrogen-bond acceptors (Lipinski definition) is 11. The number of fused-ring (bicyclic) bond motifs is 4. The summed E-state index contributed by atoms with van der Waals surface area (Å²) in [4.78, 5) is 65.9. The van der Waals surface area contributed by atoms with Crippen LogP contribution in [0.3, 0.4) is 0 Å². The van der Waals surface area contributed by atoms with Gasteiger partial charge in [0, 0.05) is 53.9 Å². The van der Waals surface area contributed by atoms with E-state index in [4.69, 9.17) is 19.9 Å². The van der Waals surface area contributed by atoms with Crippen LogP contribution in [0.2, 0.25) is 0 Å². The number of hydrogen-bond donors (Lipinski definition) is 5. The van der Waals surface area contributed by atoms with Gasteiger partial charge in [-0.1, -0.05) is 46.7 Å². The van der Waals surface area contributed by atoms with E-state index >= 15 is 0 Å². The largest absolute Gasteiger partial charge is 0.493 e. The number of methoxy groups -OCH3 is 2. The maximum absolute atomic E-state index is 13.9. The van der Waals surface area contributed by atoms with Gasteiger partial charge in [0.2, 0.25) is 23.6 Å². The quantitative estimate of drug-likeness (QED) is 0.0844. The van der Waals surface area contributed by atoms with Crippen LogP contribution >= 0.6 is 21.6 Å². The summed E-state index contributed by atoms with van der Waals surface area (Å²) in [5, 5.41) is 12.0. The highest BCUT2D eigenvalue weighted by Gasteiger charge is 2.37. The molecule has 16 heteroatoms. The Morgan fingerprint density at radius 1 is 0.932 bits per heavy atom. The number of ether oxygens (including phenoxy) is 3. The average molecular weight is 849 g/mol. The van der Waals surface area contributed by atoms with E-state index in [1.54, 1.807) is 66.8 Å². The zero-order valence-electron chi connectivity index (χ0n) is 34.8. The number of primary amides is 1. The molecule has 4 atom stereocenters. The SMILES string of the molecule is COCc1cc(COc2cc3c(cc2OC)C(=O)N2c4ccccc4C[C@H]2CN3)cc(NC(=O)[C@@H](C)NC(=O)[C@H](C)NC(=O)CCC(C)(C)SSC(C)CCC(N)=O)c1. The topological polar surface area (TPSA) is 190 Å². The van der Waals surface area contributed by atoms with E-state index in [1.165, 1.54) is 7.11 Å². The number of rotatable bonds is 20. The Balaban J connectivity index is 1.15. The number of nitrogens with one attached hydrogen (secondary N) is 4. The van der Waals surface area contributed by atoms with Crippen molar-refractivity contribution in [3.63, 3.8) is 0 Å². The van der Waals surface area contributed by atoms with Gasteiger partial charge in [0.05, 0.1) is 31.0 Å². The molecule has 14 nitrogen and oxygen atoms in total. The Bertz CT molecular complexity index is 2030. The van der Waals surface area contributed by atoms with Gasteiger partial charge in [-0.25, -0.2) is 0 Å². The lowest BCUT2D eigenvalue weighted by Gasteiger charge is -2.25. The molecule has 6 N–H and O–H groups in total. The summed E-state index contributed by atoms with van der Waals surface area (Å²) in [6.07, 6.45) is 2.59. The number of anilines is 3. The predicted molar refractivity (Wildman–Crippen MR) is 234 cm³/mol. The van der Waals surface area contributed by atoms with Crippen molar-refractivity contribution in [2.75, 3.05) is 36.3 Å². The Labute approximate surface area is 354 Å². The standard InChI is InChI=1S/C43H56N6O8S2/c1-25(12-13-38(44)50)58-59-43(4,5)15-14-39(51)46-26(2)40(52)47-27(3)41(53)48-31-17-28(23-55-6)16-29(18-31)24-57-37-21-34-33(20-36(37)56-7)42(54)49-32(22-45-34)19-30-10-8-9-11-35(30)49/h8-11,16-18,20-21,25-27,32,45H,12-15,19,22-24H2,1-7H3,(H2,44,50)(H,46,51)(H,47,52)(H,48,53)/t25?,26-,27+,32-/m0/s1. The van der Waals surface area contributed by atoms with Gasteiger partial charge < -0.3 is 46.1 Å². The van der Waals surface area contributed by atoms with Crippen molar-refractivity contribution >= 4 is 68.2 Å². The molecule has 318 valence electrons. The van der Waals surface area contributed by atoms with Crippen molar-refractivity contribution in [2.45, 2.75) is 108 Å². The molecule has 2 heterocycles. The Morgan fingerprint density at radius 3 is 2.36 bits per heavy atom. The third kappa shape index (κ3) is 12.3. The minimum Gasteiger partial charge on any atom is -0.493 e. The lowest BCUT2D eigenvalue weighted by molar-refractivity contribution is -0.130. The minimum atomic E-state index is -0.917. The molecular weight excluding hydrogens is 793 g/mol. The second-order valence-corrected chi connectivity index (χ2v) is 19.0. The molecule has 0 fully saturated rings. The number of benzene rings is 3. The Kier molecular flexibility index (Phi) is 15.6. The first kappa shape index (κ1) is 45.2. The van der Waals surface area contributed by atoms with Crippen LogP contribution in [-0.4, -0.2) is 78.4 Å². The number of carbonyl (C=O) groups excluding carboxylic acids is 5. The monoisotopic (exact) mass is 848 g/mol. The second-order valence-electron chi connectivity index (χ2n) is 15.6. The first-order valence-corrected chi connectivity index (χ1v) is 21.9. The molecule has 0 saturated heterocycles. The van der Waals surface area contributed by atoms with Gasteiger partial charge in [-0.3, -0.25) is 24.0 Å². The minimum absolute atomic E-state index is 0.0137. The third-order valence-corrected chi connectivity index (χ3v) is 14.0. The first-order valence-electron chi connectivity index (χ1n) is 19.7. The number of carbonyl (C=O) groups is 5. The molecule has 1 unspecified atom stereocenters. The Hall–Kier alpha value is -4.93. The molecular formula is C43H56N6O8S2. The summed E-state index contributed by atoms with van der Waals surface area (Å²) < 4.78 is 17.1. The molecule has 5 rings (SSSR count). The molecule has 0 radical (unpaired) electrons. The molecule has 2 aliphatic rings. The molecule has 3 aromatic carbocycles. The second kappa shape index (κ2) is 20.4. The number of para-hydroxylation sites is 1.